The molecule has 1 aromatic heterocycles. The molecule has 2 heterocycles. The molecule has 1 saturated heterocycles. The number of nitrogen functional groups attached to an aromatic ring is 1. The number of aryl methyl sites for hydroxylation is 1. The van der Waals surface area contributed by atoms with Gasteiger partial charge in [-0.2, -0.15) is 9.40 Å². The van der Waals surface area contributed by atoms with E-state index in [2.05, 4.69) is 12.0 Å². The summed E-state index contributed by atoms with van der Waals surface area (Å²) in [7, 11) is -2.00. The normalized spacial score (nSPS) is 24.3. The maximum atomic E-state index is 12.7. The van der Waals surface area contributed by atoms with Crippen molar-refractivity contribution in [3.05, 3.63) is 6.20 Å². The van der Waals surface area contributed by atoms with E-state index in [0.29, 0.717) is 25.6 Å². The Morgan fingerprint density at radius 1 is 1.52 bits per heavy atom. The number of hydrogen-bond acceptors (Lipinski definition) is 5. The lowest BCUT2D eigenvalue weighted by Crippen LogP contribution is -2.46. The van der Waals surface area contributed by atoms with Crippen LogP contribution in [0.2, 0.25) is 0 Å². The van der Waals surface area contributed by atoms with E-state index >= 15 is 0 Å². The van der Waals surface area contributed by atoms with Crippen molar-refractivity contribution in [2.45, 2.75) is 44.2 Å². The minimum absolute atomic E-state index is 0.0658. The molecule has 0 spiro atoms. The van der Waals surface area contributed by atoms with Gasteiger partial charge in [0.25, 0.3) is 0 Å². The van der Waals surface area contributed by atoms with Gasteiger partial charge in [-0.05, 0) is 18.8 Å². The summed E-state index contributed by atoms with van der Waals surface area (Å²) in [6.45, 7) is 5.57. The summed E-state index contributed by atoms with van der Waals surface area (Å²) in [5.41, 5.74) is 5.79. The Bertz CT molecular complexity index is 584. The third-order valence-corrected chi connectivity index (χ3v) is 5.86. The fourth-order valence-corrected chi connectivity index (χ4v) is 4.16. The van der Waals surface area contributed by atoms with Crippen LogP contribution < -0.4 is 5.73 Å². The minimum Gasteiger partial charge on any atom is -0.381 e. The quantitative estimate of drug-likeness (QED) is 0.872. The molecule has 1 aliphatic rings. The highest BCUT2D eigenvalue weighted by Crippen LogP contribution is 2.27. The molecule has 2 rings (SSSR count). The van der Waals surface area contributed by atoms with Crippen LogP contribution in [0.1, 0.15) is 26.7 Å². The van der Waals surface area contributed by atoms with Crippen molar-refractivity contribution in [3.8, 4) is 0 Å². The van der Waals surface area contributed by atoms with Crippen LogP contribution >= 0.6 is 0 Å². The van der Waals surface area contributed by atoms with Gasteiger partial charge in [0.15, 0.2) is 5.82 Å². The predicted molar refractivity (Wildman–Crippen MR) is 80.3 cm³/mol. The van der Waals surface area contributed by atoms with E-state index in [-0.39, 0.29) is 16.8 Å². The maximum Gasteiger partial charge on any atom is 0.248 e. The summed E-state index contributed by atoms with van der Waals surface area (Å²) >= 11 is 0. The fraction of sp³-hybridized carbons (Fsp3) is 0.769. The zero-order chi connectivity index (χ0) is 15.6. The molecule has 21 heavy (non-hydrogen) atoms. The number of ether oxygens (including phenoxy) is 1. The van der Waals surface area contributed by atoms with Gasteiger partial charge >= 0.3 is 0 Å². The number of hydrogen-bond donors (Lipinski definition) is 1. The Balaban J connectivity index is 2.25. The van der Waals surface area contributed by atoms with E-state index in [4.69, 9.17) is 10.5 Å². The highest BCUT2D eigenvalue weighted by molar-refractivity contribution is 7.89. The number of aromatic nitrogens is 2. The molecular weight excluding hydrogens is 292 g/mol. The van der Waals surface area contributed by atoms with Crippen LogP contribution in [0, 0.1) is 5.92 Å². The molecule has 1 fully saturated rings. The average Bonchev–Trinajstić information content (AvgIpc) is 2.81. The summed E-state index contributed by atoms with van der Waals surface area (Å²) in [5.74, 6) is 0.414. The third kappa shape index (κ3) is 3.22. The van der Waals surface area contributed by atoms with E-state index < -0.39 is 10.0 Å². The molecule has 2 atom stereocenters. The van der Waals surface area contributed by atoms with Gasteiger partial charge in [0.1, 0.15) is 4.90 Å². The zero-order valence-electron chi connectivity index (χ0n) is 12.8. The largest absolute Gasteiger partial charge is 0.381 e. The zero-order valence-corrected chi connectivity index (χ0v) is 13.6. The number of methoxy groups -OCH3 is 1. The van der Waals surface area contributed by atoms with Gasteiger partial charge in [0.05, 0.1) is 6.10 Å². The molecule has 2 unspecified atom stereocenters. The van der Waals surface area contributed by atoms with Crippen LogP contribution in [0.4, 0.5) is 5.82 Å². The molecule has 0 saturated carbocycles. The van der Waals surface area contributed by atoms with E-state index in [0.717, 1.165) is 12.8 Å². The van der Waals surface area contributed by atoms with Crippen molar-refractivity contribution in [3.63, 3.8) is 0 Å². The Kier molecular flexibility index (Phi) is 4.90. The topological polar surface area (TPSA) is 90.5 Å². The summed E-state index contributed by atoms with van der Waals surface area (Å²) in [5, 5.41) is 4.07. The Morgan fingerprint density at radius 3 is 2.86 bits per heavy atom. The number of rotatable bonds is 5. The number of sulfonamides is 1. The second kappa shape index (κ2) is 6.33. The van der Waals surface area contributed by atoms with Gasteiger partial charge < -0.3 is 10.5 Å². The summed E-state index contributed by atoms with van der Waals surface area (Å²) in [6.07, 6.45) is 3.09. The number of nitrogens with two attached hydrogens (primary N) is 1. The van der Waals surface area contributed by atoms with Crippen molar-refractivity contribution in [1.29, 1.82) is 0 Å². The van der Waals surface area contributed by atoms with Crippen LogP contribution in [-0.4, -0.2) is 48.8 Å². The van der Waals surface area contributed by atoms with E-state index in [1.54, 1.807) is 11.8 Å². The number of anilines is 1. The molecule has 0 amide bonds. The van der Waals surface area contributed by atoms with Crippen molar-refractivity contribution < 1.29 is 13.2 Å². The lowest BCUT2D eigenvalue weighted by atomic mass is 9.97. The molecule has 0 bridgehead atoms. The van der Waals surface area contributed by atoms with Gasteiger partial charge in [-0.1, -0.05) is 13.8 Å². The Morgan fingerprint density at radius 2 is 2.24 bits per heavy atom. The van der Waals surface area contributed by atoms with Crippen LogP contribution in [0.5, 0.6) is 0 Å². The van der Waals surface area contributed by atoms with Gasteiger partial charge in [-0.25, -0.2) is 8.42 Å². The monoisotopic (exact) mass is 316 g/mol. The average molecular weight is 316 g/mol. The molecule has 1 aliphatic heterocycles. The smallest absolute Gasteiger partial charge is 0.248 e. The fourth-order valence-electron chi connectivity index (χ4n) is 2.63. The maximum absolute atomic E-state index is 12.7. The van der Waals surface area contributed by atoms with E-state index in [1.807, 2.05) is 6.92 Å². The van der Waals surface area contributed by atoms with Crippen LogP contribution in [0.25, 0.3) is 0 Å². The second-order valence-electron chi connectivity index (χ2n) is 5.54. The molecular formula is C13H24N4O3S. The van der Waals surface area contributed by atoms with Gasteiger partial charge in [0, 0.05) is 32.9 Å². The highest BCUT2D eigenvalue weighted by Gasteiger charge is 2.35. The predicted octanol–water partition coefficient (Wildman–Crippen LogP) is 0.921. The van der Waals surface area contributed by atoms with Crippen LogP contribution in [0.15, 0.2) is 11.1 Å². The number of nitrogens with zero attached hydrogens (tertiary/aromatic N) is 3. The Labute approximate surface area is 126 Å². The van der Waals surface area contributed by atoms with Crippen molar-refractivity contribution >= 4 is 15.8 Å². The van der Waals surface area contributed by atoms with E-state index in [1.165, 1.54) is 10.5 Å². The molecule has 0 radical (unpaired) electrons. The first-order chi connectivity index (χ1) is 9.90. The first-order valence-corrected chi connectivity index (χ1v) is 8.70. The molecule has 1 aromatic rings. The molecule has 0 aliphatic carbocycles. The summed E-state index contributed by atoms with van der Waals surface area (Å²) in [6, 6.07) is 0. The van der Waals surface area contributed by atoms with Crippen LogP contribution in [0.3, 0.4) is 0 Å². The Hall–Kier alpha value is -1.12. The van der Waals surface area contributed by atoms with Gasteiger partial charge in [0.2, 0.25) is 10.0 Å². The van der Waals surface area contributed by atoms with E-state index in [9.17, 15) is 8.42 Å². The first-order valence-electron chi connectivity index (χ1n) is 7.26. The standard InChI is InChI=1S/C13H24N4O3S/c1-4-6-16-9-12(13(14)15-16)21(18,19)17-7-5-10(2)11(8-17)20-3/h9-11H,4-8H2,1-3H3,(H2,14,15). The highest BCUT2D eigenvalue weighted by atomic mass is 32.2. The lowest BCUT2D eigenvalue weighted by molar-refractivity contribution is 0.0184. The molecule has 0 aromatic carbocycles. The van der Waals surface area contributed by atoms with Crippen molar-refractivity contribution in [2.24, 2.45) is 5.92 Å². The van der Waals surface area contributed by atoms with Crippen molar-refractivity contribution in [2.75, 3.05) is 25.9 Å². The van der Waals surface area contributed by atoms with Gasteiger partial charge in [-0.3, -0.25) is 4.68 Å². The van der Waals surface area contributed by atoms with Gasteiger partial charge in [-0.15, -0.1) is 0 Å². The van der Waals surface area contributed by atoms with Crippen molar-refractivity contribution in [1.82, 2.24) is 14.1 Å². The third-order valence-electron chi connectivity index (χ3n) is 3.98. The first kappa shape index (κ1) is 16.3. The molecule has 7 nitrogen and oxygen atoms in total. The molecule has 8 heteroatoms. The molecule has 2 N–H and O–H groups in total. The summed E-state index contributed by atoms with van der Waals surface area (Å²) < 4.78 is 33.9. The van der Waals surface area contributed by atoms with Crippen LogP contribution in [-0.2, 0) is 21.3 Å². The number of piperidine rings is 1. The minimum atomic E-state index is -3.61. The second-order valence-corrected chi connectivity index (χ2v) is 7.45. The summed E-state index contributed by atoms with van der Waals surface area (Å²) in [4.78, 5) is 0.0976. The SMILES string of the molecule is CCCn1cc(S(=O)(=O)N2CCC(C)C(OC)C2)c(N)n1. The lowest BCUT2D eigenvalue weighted by Gasteiger charge is -2.35. The molecule has 120 valence electrons.